The van der Waals surface area contributed by atoms with E-state index < -0.39 is 18.1 Å². The first kappa shape index (κ1) is 18.4. The Balaban J connectivity index is 1.69. The number of hydrogen-bond donors (Lipinski definition) is 0. The van der Waals surface area contributed by atoms with Crippen LogP contribution in [0, 0.1) is 11.8 Å². The number of nitrogens with zero attached hydrogens (tertiary/aromatic N) is 1. The number of ether oxygens (including phenoxy) is 2. The summed E-state index contributed by atoms with van der Waals surface area (Å²) in [6, 6.07) is 8.76. The Labute approximate surface area is 153 Å². The van der Waals surface area contributed by atoms with Crippen molar-refractivity contribution in [3.8, 4) is 0 Å². The molecule has 1 heterocycles. The van der Waals surface area contributed by atoms with Crippen molar-refractivity contribution in [3.63, 3.8) is 0 Å². The van der Waals surface area contributed by atoms with Crippen molar-refractivity contribution in [3.05, 3.63) is 35.9 Å². The van der Waals surface area contributed by atoms with Crippen LogP contribution >= 0.6 is 0 Å². The van der Waals surface area contributed by atoms with E-state index in [1.54, 1.807) is 6.92 Å². The Morgan fingerprint density at radius 1 is 1.15 bits per heavy atom. The number of benzene rings is 1. The molecular formula is C20H25NO5. The molecule has 2 fully saturated rings. The van der Waals surface area contributed by atoms with Crippen LogP contribution in [0.2, 0.25) is 0 Å². The first-order chi connectivity index (χ1) is 12.6. The number of likely N-dealkylation sites (tertiary alicyclic amines) is 1. The van der Waals surface area contributed by atoms with Crippen LogP contribution in [0.25, 0.3) is 0 Å². The highest BCUT2D eigenvalue weighted by atomic mass is 16.6. The van der Waals surface area contributed by atoms with Gasteiger partial charge in [0.15, 0.2) is 0 Å². The molecule has 0 radical (unpaired) electrons. The average Bonchev–Trinajstić information content (AvgIpc) is 2.66. The van der Waals surface area contributed by atoms with Crippen LogP contribution in [0.3, 0.4) is 0 Å². The normalized spacial score (nSPS) is 25.3. The summed E-state index contributed by atoms with van der Waals surface area (Å²) in [6.07, 6.45) is 1.78. The van der Waals surface area contributed by atoms with E-state index >= 15 is 0 Å². The zero-order chi connectivity index (χ0) is 18.5. The van der Waals surface area contributed by atoms with Gasteiger partial charge in [-0.2, -0.15) is 0 Å². The maximum absolute atomic E-state index is 12.7. The van der Waals surface area contributed by atoms with E-state index in [4.69, 9.17) is 9.47 Å². The highest BCUT2D eigenvalue weighted by molar-refractivity contribution is 5.83. The van der Waals surface area contributed by atoms with E-state index in [9.17, 15) is 14.4 Å². The number of fused-ring (bicyclic) bond motifs is 1. The maximum atomic E-state index is 12.7. The third kappa shape index (κ3) is 4.23. The molecule has 0 bridgehead atoms. The van der Waals surface area contributed by atoms with Gasteiger partial charge in [0.1, 0.15) is 18.4 Å². The van der Waals surface area contributed by atoms with E-state index in [1.165, 1.54) is 4.90 Å². The molecule has 1 aromatic carbocycles. The summed E-state index contributed by atoms with van der Waals surface area (Å²) < 4.78 is 10.6. The molecule has 1 aliphatic heterocycles. The van der Waals surface area contributed by atoms with E-state index in [0.717, 1.165) is 12.0 Å². The lowest BCUT2D eigenvalue weighted by Gasteiger charge is -2.43. The van der Waals surface area contributed by atoms with Gasteiger partial charge in [-0.25, -0.2) is 9.59 Å². The number of esters is 1. The molecule has 0 N–H and O–H groups in total. The predicted octanol–water partition coefficient (Wildman–Crippen LogP) is 2.95. The Morgan fingerprint density at radius 2 is 1.92 bits per heavy atom. The molecular weight excluding hydrogens is 334 g/mol. The molecule has 0 aromatic heterocycles. The topological polar surface area (TPSA) is 72.9 Å². The summed E-state index contributed by atoms with van der Waals surface area (Å²) >= 11 is 0. The predicted molar refractivity (Wildman–Crippen MR) is 94.2 cm³/mol. The van der Waals surface area contributed by atoms with Gasteiger partial charge in [-0.05, 0) is 37.2 Å². The van der Waals surface area contributed by atoms with Crippen LogP contribution in [0.5, 0.6) is 0 Å². The molecule has 1 amide bonds. The van der Waals surface area contributed by atoms with Crippen molar-refractivity contribution in [1.29, 1.82) is 0 Å². The summed E-state index contributed by atoms with van der Waals surface area (Å²) in [5.41, 5.74) is 0.895. The van der Waals surface area contributed by atoms with Crippen molar-refractivity contribution >= 4 is 17.8 Å². The minimum atomic E-state index is -0.676. The Hall–Kier alpha value is -2.37. The number of piperidine rings is 1. The van der Waals surface area contributed by atoms with E-state index in [0.29, 0.717) is 25.8 Å². The molecule has 2 aliphatic rings. The van der Waals surface area contributed by atoms with Gasteiger partial charge >= 0.3 is 12.1 Å². The van der Waals surface area contributed by atoms with Crippen LogP contribution in [-0.4, -0.2) is 41.9 Å². The van der Waals surface area contributed by atoms with Crippen molar-refractivity contribution in [2.45, 2.75) is 45.3 Å². The molecule has 3 rings (SSSR count). The quantitative estimate of drug-likeness (QED) is 0.773. The standard InChI is InChI=1S/C20H25NO5/c1-2-25-19(23)18-11-16-10-17(22)9-8-15(16)12-21(18)20(24)26-13-14-6-4-3-5-7-14/h3-7,15-16,18H,2,8-13H2,1H3/t15?,16?,18-/m0/s1. The monoisotopic (exact) mass is 359 g/mol. The minimum absolute atomic E-state index is 0.142. The number of amides is 1. The first-order valence-electron chi connectivity index (χ1n) is 9.24. The van der Waals surface area contributed by atoms with E-state index in [-0.39, 0.29) is 30.8 Å². The maximum Gasteiger partial charge on any atom is 0.410 e. The van der Waals surface area contributed by atoms with Crippen LogP contribution in [-0.2, 0) is 25.7 Å². The third-order valence-corrected chi connectivity index (χ3v) is 5.28. The second kappa shape index (κ2) is 8.34. The fourth-order valence-electron chi connectivity index (χ4n) is 3.92. The molecule has 1 aromatic rings. The van der Waals surface area contributed by atoms with Crippen molar-refractivity contribution in [2.75, 3.05) is 13.2 Å². The lowest BCUT2D eigenvalue weighted by molar-refractivity contribution is -0.153. The van der Waals surface area contributed by atoms with Gasteiger partial charge < -0.3 is 9.47 Å². The van der Waals surface area contributed by atoms with Crippen LogP contribution < -0.4 is 0 Å². The lowest BCUT2D eigenvalue weighted by atomic mass is 9.72. The fraction of sp³-hybridized carbons (Fsp3) is 0.550. The summed E-state index contributed by atoms with van der Waals surface area (Å²) in [5, 5.41) is 0. The average molecular weight is 359 g/mol. The number of carbonyl (C=O) groups excluding carboxylic acids is 3. The molecule has 6 nitrogen and oxygen atoms in total. The minimum Gasteiger partial charge on any atom is -0.464 e. The molecule has 3 atom stereocenters. The molecule has 1 saturated carbocycles. The lowest BCUT2D eigenvalue weighted by Crippen LogP contribution is -2.55. The molecule has 6 heteroatoms. The van der Waals surface area contributed by atoms with Crippen LogP contribution in [0.15, 0.2) is 30.3 Å². The third-order valence-electron chi connectivity index (χ3n) is 5.28. The summed E-state index contributed by atoms with van der Waals surface area (Å²) in [6.45, 7) is 2.61. The molecule has 2 unspecified atom stereocenters. The second-order valence-corrected chi connectivity index (χ2v) is 7.00. The number of ketones is 1. The van der Waals surface area contributed by atoms with Crippen LogP contribution in [0.4, 0.5) is 4.79 Å². The largest absolute Gasteiger partial charge is 0.464 e. The van der Waals surface area contributed by atoms with Gasteiger partial charge in [0.05, 0.1) is 6.61 Å². The van der Waals surface area contributed by atoms with Gasteiger partial charge in [0, 0.05) is 19.4 Å². The zero-order valence-electron chi connectivity index (χ0n) is 15.1. The van der Waals surface area contributed by atoms with Gasteiger partial charge in [0.2, 0.25) is 0 Å². The van der Waals surface area contributed by atoms with Crippen molar-refractivity contribution in [1.82, 2.24) is 4.90 Å². The molecule has 140 valence electrons. The molecule has 1 saturated heterocycles. The zero-order valence-corrected chi connectivity index (χ0v) is 15.1. The van der Waals surface area contributed by atoms with Gasteiger partial charge in [-0.1, -0.05) is 30.3 Å². The fourth-order valence-corrected chi connectivity index (χ4v) is 3.92. The summed E-state index contributed by atoms with van der Waals surface area (Å²) in [4.78, 5) is 38.3. The van der Waals surface area contributed by atoms with E-state index in [2.05, 4.69) is 0 Å². The highest BCUT2D eigenvalue weighted by Crippen LogP contribution is 2.38. The van der Waals surface area contributed by atoms with Gasteiger partial charge in [-0.3, -0.25) is 9.69 Å². The molecule has 1 aliphatic carbocycles. The number of hydrogen-bond acceptors (Lipinski definition) is 5. The number of Topliss-reactive ketones (excluding diaryl/α,β-unsaturated/α-hetero) is 1. The van der Waals surface area contributed by atoms with Crippen LogP contribution in [0.1, 0.15) is 38.2 Å². The Morgan fingerprint density at radius 3 is 2.65 bits per heavy atom. The highest BCUT2D eigenvalue weighted by Gasteiger charge is 2.44. The smallest absolute Gasteiger partial charge is 0.410 e. The Kier molecular flexibility index (Phi) is 5.91. The summed E-state index contributed by atoms with van der Waals surface area (Å²) in [5.74, 6) is 0.209. The summed E-state index contributed by atoms with van der Waals surface area (Å²) in [7, 11) is 0. The van der Waals surface area contributed by atoms with Gasteiger partial charge in [-0.15, -0.1) is 0 Å². The number of carbonyl (C=O) groups is 3. The Bertz CT molecular complexity index is 659. The number of rotatable bonds is 4. The first-order valence-corrected chi connectivity index (χ1v) is 9.24. The van der Waals surface area contributed by atoms with Gasteiger partial charge in [0.25, 0.3) is 0 Å². The second-order valence-electron chi connectivity index (χ2n) is 7.00. The molecule has 26 heavy (non-hydrogen) atoms. The van der Waals surface area contributed by atoms with E-state index in [1.807, 2.05) is 30.3 Å². The van der Waals surface area contributed by atoms with Crippen molar-refractivity contribution < 1.29 is 23.9 Å². The SMILES string of the molecule is CCOC(=O)[C@@H]1CC2CC(=O)CCC2CN1C(=O)OCc1ccccc1. The van der Waals surface area contributed by atoms with Crippen molar-refractivity contribution in [2.24, 2.45) is 11.8 Å². The molecule has 0 spiro atoms.